The molecule has 0 radical (unpaired) electrons. The Morgan fingerprint density at radius 2 is 1.39 bits per heavy atom. The molecule has 0 aliphatic rings. The maximum absolute atomic E-state index is 7.34. The second kappa shape index (κ2) is 5.70. The van der Waals surface area contributed by atoms with E-state index < -0.39 is 0 Å². The lowest BCUT2D eigenvalue weighted by atomic mass is 10.2. The molecule has 2 rings (SSSR count). The summed E-state index contributed by atoms with van der Waals surface area (Å²) in [7, 11) is 1.54. The molecule has 0 saturated carbocycles. The molecule has 2 heteroatoms. The van der Waals surface area contributed by atoms with Gasteiger partial charge in [0.2, 0.25) is 0 Å². The summed E-state index contributed by atoms with van der Waals surface area (Å²) in [6, 6.07) is 19.5. The number of hydrogen-bond donors (Lipinski definition) is 0. The molecular formula is C16H13NO. The normalized spacial score (nSPS) is 9.33. The zero-order valence-electron chi connectivity index (χ0n) is 10.1. The molecule has 0 heterocycles. The maximum atomic E-state index is 7.34. The maximum Gasteiger partial charge on any atom is 0.272 e. The van der Waals surface area contributed by atoms with Crippen LogP contribution in [-0.4, -0.2) is 13.0 Å². The van der Waals surface area contributed by atoms with Crippen molar-refractivity contribution in [3.63, 3.8) is 0 Å². The van der Waals surface area contributed by atoms with Gasteiger partial charge < -0.3 is 11.2 Å². The van der Waals surface area contributed by atoms with Crippen LogP contribution in [0.2, 0.25) is 0 Å². The van der Waals surface area contributed by atoms with E-state index in [-0.39, 0.29) is 0 Å². The van der Waals surface area contributed by atoms with Crippen molar-refractivity contribution in [1.82, 2.24) is 4.58 Å². The first-order valence-corrected chi connectivity index (χ1v) is 5.60. The zero-order chi connectivity index (χ0) is 12.8. The van der Waals surface area contributed by atoms with Crippen LogP contribution in [0.4, 0.5) is 11.4 Å². The molecule has 0 saturated heterocycles. The average Bonchev–Trinajstić information content (AvgIpc) is 2.46. The monoisotopic (exact) mass is 235 g/mol. The number of methoxy groups -OCH3 is 1. The number of para-hydroxylation sites is 2. The highest BCUT2D eigenvalue weighted by Gasteiger charge is 2.13. The van der Waals surface area contributed by atoms with E-state index in [0.717, 1.165) is 11.4 Å². The highest BCUT2D eigenvalue weighted by atomic mass is 16.5. The van der Waals surface area contributed by atoms with Crippen molar-refractivity contribution in [2.24, 2.45) is 0 Å². The van der Waals surface area contributed by atoms with E-state index in [2.05, 4.69) is 5.92 Å². The molecule has 0 aromatic heterocycles. The molecule has 0 amide bonds. The van der Waals surface area contributed by atoms with Gasteiger partial charge in [0.1, 0.15) is 0 Å². The fraction of sp³-hybridized carbons (Fsp3) is 0.0625. The molecule has 2 nitrogen and oxygen atoms in total. The third-order valence-electron chi connectivity index (χ3n) is 2.53. The summed E-state index contributed by atoms with van der Waals surface area (Å²) < 4.78 is 7.05. The molecule has 0 spiro atoms. The van der Waals surface area contributed by atoms with Gasteiger partial charge in [-0.1, -0.05) is 36.4 Å². The van der Waals surface area contributed by atoms with Crippen LogP contribution in [0.25, 0.3) is 0 Å². The van der Waals surface area contributed by atoms with Crippen LogP contribution >= 0.6 is 0 Å². The molecular weight excluding hydrogens is 222 g/mol. The summed E-state index contributed by atoms with van der Waals surface area (Å²) in [5.41, 5.74) is 1.86. The van der Waals surface area contributed by atoms with Gasteiger partial charge in [-0.3, -0.25) is 0 Å². The van der Waals surface area contributed by atoms with Gasteiger partial charge in [-0.05, 0) is 0 Å². The summed E-state index contributed by atoms with van der Waals surface area (Å²) in [5.74, 6) is 2.67. The number of benzene rings is 2. The lowest BCUT2D eigenvalue weighted by Crippen LogP contribution is -2.16. The SMILES string of the molecule is [C-]#CC(OC)=[N+](c1ccccc1)c1ccccc1. The van der Waals surface area contributed by atoms with Crippen molar-refractivity contribution in [1.29, 1.82) is 0 Å². The second-order valence-corrected chi connectivity index (χ2v) is 3.64. The molecule has 0 fully saturated rings. The van der Waals surface area contributed by atoms with Crippen molar-refractivity contribution in [3.05, 3.63) is 67.1 Å². The molecule has 0 bridgehead atoms. The van der Waals surface area contributed by atoms with E-state index in [0.29, 0.717) is 5.90 Å². The van der Waals surface area contributed by atoms with E-state index in [1.807, 2.05) is 65.2 Å². The van der Waals surface area contributed by atoms with Crippen LogP contribution in [0, 0.1) is 12.3 Å². The fourth-order valence-corrected chi connectivity index (χ4v) is 1.74. The minimum Gasteiger partial charge on any atom is -0.526 e. The summed E-state index contributed by atoms with van der Waals surface area (Å²) in [4.78, 5) is 0. The quantitative estimate of drug-likeness (QED) is 0.256. The largest absolute Gasteiger partial charge is 0.526 e. The standard InChI is InChI=1S/C16H13NO/c1-3-16(18-2)17(14-10-6-4-7-11-14)15-12-8-5-9-13-15/h4-13H,2H3. The molecule has 0 aliphatic heterocycles. The first kappa shape index (κ1) is 11.9. The number of hydrogen-bond acceptors (Lipinski definition) is 1. The van der Waals surface area contributed by atoms with Crippen LogP contribution in [-0.2, 0) is 4.74 Å². The van der Waals surface area contributed by atoms with E-state index >= 15 is 0 Å². The Kier molecular flexibility index (Phi) is 3.78. The van der Waals surface area contributed by atoms with Crippen molar-refractivity contribution in [2.45, 2.75) is 0 Å². The topological polar surface area (TPSA) is 12.2 Å². The molecule has 0 aliphatic carbocycles. The van der Waals surface area contributed by atoms with E-state index in [9.17, 15) is 0 Å². The summed E-state index contributed by atoms with van der Waals surface area (Å²) in [5, 5.41) is 0. The van der Waals surface area contributed by atoms with E-state index in [1.165, 1.54) is 7.11 Å². The zero-order valence-corrected chi connectivity index (χ0v) is 10.1. The molecule has 0 N–H and O–H groups in total. The molecule has 2 aromatic rings. The lowest BCUT2D eigenvalue weighted by molar-refractivity contribution is 0.401. The minimum absolute atomic E-state index is 0.354. The lowest BCUT2D eigenvalue weighted by Gasteiger charge is -2.10. The Hall–Kier alpha value is -2.53. The van der Waals surface area contributed by atoms with Crippen molar-refractivity contribution in [3.8, 4) is 5.92 Å². The number of nitrogens with zero attached hydrogens (tertiary/aromatic N) is 1. The Balaban J connectivity index is 2.64. The van der Waals surface area contributed by atoms with Gasteiger partial charge in [-0.25, -0.2) is 0 Å². The molecule has 18 heavy (non-hydrogen) atoms. The fourth-order valence-electron chi connectivity index (χ4n) is 1.74. The van der Waals surface area contributed by atoms with Crippen molar-refractivity contribution >= 4 is 17.3 Å². The third kappa shape index (κ3) is 2.41. The Morgan fingerprint density at radius 3 is 1.72 bits per heavy atom. The predicted molar refractivity (Wildman–Crippen MR) is 73.5 cm³/mol. The van der Waals surface area contributed by atoms with Gasteiger partial charge in [0.25, 0.3) is 5.90 Å². The predicted octanol–water partition coefficient (Wildman–Crippen LogP) is 3.16. The molecule has 2 aromatic carbocycles. The van der Waals surface area contributed by atoms with Crippen LogP contribution in [0.15, 0.2) is 60.7 Å². The van der Waals surface area contributed by atoms with E-state index in [1.54, 1.807) is 0 Å². The summed E-state index contributed by atoms with van der Waals surface area (Å²) in [6.45, 7) is 0. The molecule has 88 valence electrons. The first-order valence-electron chi connectivity index (χ1n) is 5.60. The first-order chi connectivity index (χ1) is 8.86. The van der Waals surface area contributed by atoms with E-state index in [4.69, 9.17) is 11.2 Å². The van der Waals surface area contributed by atoms with Crippen molar-refractivity contribution in [2.75, 3.05) is 7.11 Å². The number of rotatable bonds is 2. The Morgan fingerprint density at radius 1 is 0.944 bits per heavy atom. The van der Waals surface area contributed by atoms with Crippen LogP contribution < -0.4 is 4.58 Å². The van der Waals surface area contributed by atoms with Crippen LogP contribution in [0.5, 0.6) is 0 Å². The van der Waals surface area contributed by atoms with Gasteiger partial charge in [0, 0.05) is 24.3 Å². The van der Waals surface area contributed by atoms with Gasteiger partial charge in [0.05, 0.1) is 7.11 Å². The van der Waals surface area contributed by atoms with Crippen LogP contribution in [0.1, 0.15) is 0 Å². The van der Waals surface area contributed by atoms with Gasteiger partial charge >= 0.3 is 0 Å². The highest BCUT2D eigenvalue weighted by Crippen LogP contribution is 2.20. The summed E-state index contributed by atoms with van der Waals surface area (Å²) in [6.07, 6.45) is 7.34. The highest BCUT2D eigenvalue weighted by molar-refractivity contribution is 5.96. The minimum atomic E-state index is 0.354. The summed E-state index contributed by atoms with van der Waals surface area (Å²) >= 11 is 0. The smallest absolute Gasteiger partial charge is 0.272 e. The van der Waals surface area contributed by atoms with Gasteiger partial charge in [0.15, 0.2) is 11.4 Å². The van der Waals surface area contributed by atoms with Gasteiger partial charge in [-0.15, -0.1) is 0 Å². The molecule has 0 atom stereocenters. The second-order valence-electron chi connectivity index (χ2n) is 3.64. The Labute approximate surface area is 107 Å². The van der Waals surface area contributed by atoms with Crippen molar-refractivity contribution < 1.29 is 4.74 Å². The van der Waals surface area contributed by atoms with Crippen LogP contribution in [0.3, 0.4) is 0 Å². The Bertz CT molecular complexity index is 538. The number of ether oxygens (including phenoxy) is 1. The third-order valence-corrected chi connectivity index (χ3v) is 2.53. The van der Waals surface area contributed by atoms with Gasteiger partial charge in [-0.2, -0.15) is 10.5 Å². The molecule has 0 unspecified atom stereocenters. The average molecular weight is 235 g/mol.